The monoisotopic (exact) mass is 238 g/mol. The van der Waals surface area contributed by atoms with Crippen LogP contribution in [0, 0.1) is 11.7 Å². The Bertz CT molecular complexity index is 322. The van der Waals surface area contributed by atoms with Crippen molar-refractivity contribution in [3.63, 3.8) is 0 Å². The van der Waals surface area contributed by atoms with E-state index in [1.807, 2.05) is 7.05 Å². The summed E-state index contributed by atoms with van der Waals surface area (Å²) in [5.74, 6) is 0.299. The van der Waals surface area contributed by atoms with Crippen molar-refractivity contribution < 1.29 is 4.39 Å². The van der Waals surface area contributed by atoms with Gasteiger partial charge in [0.15, 0.2) is 0 Å². The van der Waals surface area contributed by atoms with Crippen LogP contribution in [-0.4, -0.2) is 12.0 Å². The standard InChI is InChI=1S/C14H23FN2/c1-4-6-11(7-5-2)14(16-3)12-8-13(15)10-17-9-12/h8-11,14,16H,4-7H2,1-3H3. The Kier molecular flexibility index (Phi) is 6.12. The van der Waals surface area contributed by atoms with Crippen molar-refractivity contribution in [2.24, 2.45) is 5.92 Å². The van der Waals surface area contributed by atoms with Gasteiger partial charge in [-0.05, 0) is 37.4 Å². The fourth-order valence-corrected chi connectivity index (χ4v) is 2.49. The van der Waals surface area contributed by atoms with E-state index < -0.39 is 0 Å². The average molecular weight is 238 g/mol. The first-order valence-electron chi connectivity index (χ1n) is 6.50. The summed E-state index contributed by atoms with van der Waals surface area (Å²) in [7, 11) is 1.94. The molecule has 1 heterocycles. The molecule has 1 N–H and O–H groups in total. The van der Waals surface area contributed by atoms with E-state index in [0.717, 1.165) is 31.2 Å². The number of aromatic nitrogens is 1. The van der Waals surface area contributed by atoms with E-state index >= 15 is 0 Å². The number of hydrogen-bond donors (Lipinski definition) is 1. The quantitative estimate of drug-likeness (QED) is 0.783. The first-order chi connectivity index (χ1) is 8.22. The second-order valence-corrected chi connectivity index (χ2v) is 4.54. The van der Waals surface area contributed by atoms with Crippen molar-refractivity contribution in [1.82, 2.24) is 10.3 Å². The molecule has 1 atom stereocenters. The lowest BCUT2D eigenvalue weighted by molar-refractivity contribution is 0.329. The summed E-state index contributed by atoms with van der Waals surface area (Å²) in [6, 6.07) is 1.80. The highest BCUT2D eigenvalue weighted by Crippen LogP contribution is 2.29. The van der Waals surface area contributed by atoms with Gasteiger partial charge in [0.2, 0.25) is 0 Å². The number of hydrogen-bond acceptors (Lipinski definition) is 2. The molecule has 17 heavy (non-hydrogen) atoms. The van der Waals surface area contributed by atoms with Gasteiger partial charge < -0.3 is 5.32 Å². The minimum atomic E-state index is -0.255. The molecule has 1 unspecified atom stereocenters. The van der Waals surface area contributed by atoms with Crippen molar-refractivity contribution in [1.29, 1.82) is 0 Å². The molecule has 3 heteroatoms. The second-order valence-electron chi connectivity index (χ2n) is 4.54. The number of rotatable bonds is 7. The molecule has 0 amide bonds. The normalized spacial score (nSPS) is 13.0. The number of nitrogens with one attached hydrogen (secondary N) is 1. The van der Waals surface area contributed by atoms with Gasteiger partial charge in [0.25, 0.3) is 0 Å². The molecule has 1 aromatic rings. The maximum atomic E-state index is 13.2. The summed E-state index contributed by atoms with van der Waals surface area (Å²) in [6.45, 7) is 4.39. The predicted octanol–water partition coefficient (Wildman–Crippen LogP) is 3.70. The summed E-state index contributed by atoms with van der Waals surface area (Å²) in [6.07, 6.45) is 7.66. The molecule has 0 aliphatic rings. The summed E-state index contributed by atoms with van der Waals surface area (Å²) in [5.41, 5.74) is 0.958. The fourth-order valence-electron chi connectivity index (χ4n) is 2.49. The lowest BCUT2D eigenvalue weighted by Crippen LogP contribution is -2.25. The fraction of sp³-hybridized carbons (Fsp3) is 0.643. The minimum absolute atomic E-state index is 0.207. The first-order valence-corrected chi connectivity index (χ1v) is 6.50. The van der Waals surface area contributed by atoms with E-state index in [-0.39, 0.29) is 11.9 Å². The summed E-state index contributed by atoms with van der Waals surface area (Å²) in [4.78, 5) is 3.94. The van der Waals surface area contributed by atoms with Gasteiger partial charge in [-0.15, -0.1) is 0 Å². The highest BCUT2D eigenvalue weighted by Gasteiger charge is 2.20. The molecular formula is C14H23FN2. The summed E-state index contributed by atoms with van der Waals surface area (Å²) < 4.78 is 13.2. The Morgan fingerprint density at radius 3 is 2.35 bits per heavy atom. The molecule has 0 radical (unpaired) electrons. The summed E-state index contributed by atoms with van der Waals surface area (Å²) >= 11 is 0. The molecule has 96 valence electrons. The Morgan fingerprint density at radius 1 is 1.24 bits per heavy atom. The van der Waals surface area contributed by atoms with Crippen LogP contribution in [-0.2, 0) is 0 Å². The third kappa shape index (κ3) is 4.08. The Morgan fingerprint density at radius 2 is 1.88 bits per heavy atom. The molecule has 1 aromatic heterocycles. The Balaban J connectivity index is 2.87. The highest BCUT2D eigenvalue weighted by molar-refractivity contribution is 5.16. The van der Waals surface area contributed by atoms with Crippen LogP contribution in [0.25, 0.3) is 0 Å². The van der Waals surface area contributed by atoms with Crippen LogP contribution in [0.4, 0.5) is 4.39 Å². The van der Waals surface area contributed by atoms with Gasteiger partial charge in [0.1, 0.15) is 5.82 Å². The van der Waals surface area contributed by atoms with Crippen LogP contribution in [0.15, 0.2) is 18.5 Å². The van der Waals surface area contributed by atoms with Gasteiger partial charge in [-0.3, -0.25) is 4.98 Å². The highest BCUT2D eigenvalue weighted by atomic mass is 19.1. The van der Waals surface area contributed by atoms with Crippen LogP contribution in [0.2, 0.25) is 0 Å². The maximum absolute atomic E-state index is 13.2. The third-order valence-corrected chi connectivity index (χ3v) is 3.19. The smallest absolute Gasteiger partial charge is 0.141 e. The third-order valence-electron chi connectivity index (χ3n) is 3.19. The first kappa shape index (κ1) is 14.1. The zero-order valence-electron chi connectivity index (χ0n) is 11.0. The number of pyridine rings is 1. The Hall–Kier alpha value is -0.960. The van der Waals surface area contributed by atoms with Crippen molar-refractivity contribution in [3.05, 3.63) is 29.8 Å². The van der Waals surface area contributed by atoms with E-state index in [1.165, 1.54) is 6.20 Å². The second kappa shape index (κ2) is 7.38. The molecule has 0 saturated carbocycles. The lowest BCUT2D eigenvalue weighted by atomic mass is 9.87. The zero-order chi connectivity index (χ0) is 12.7. The lowest BCUT2D eigenvalue weighted by Gasteiger charge is -2.26. The molecule has 0 aromatic carbocycles. The van der Waals surface area contributed by atoms with E-state index in [2.05, 4.69) is 24.1 Å². The molecule has 2 nitrogen and oxygen atoms in total. The van der Waals surface area contributed by atoms with Crippen LogP contribution in [0.1, 0.15) is 51.1 Å². The van der Waals surface area contributed by atoms with Crippen molar-refractivity contribution in [2.45, 2.75) is 45.6 Å². The van der Waals surface area contributed by atoms with Crippen molar-refractivity contribution >= 4 is 0 Å². The maximum Gasteiger partial charge on any atom is 0.141 e. The van der Waals surface area contributed by atoms with Crippen LogP contribution in [0.3, 0.4) is 0 Å². The SMILES string of the molecule is CCCC(CCC)C(NC)c1cncc(F)c1. The predicted molar refractivity (Wildman–Crippen MR) is 69.3 cm³/mol. The topological polar surface area (TPSA) is 24.9 Å². The summed E-state index contributed by atoms with van der Waals surface area (Å²) in [5, 5.41) is 3.31. The van der Waals surface area contributed by atoms with Crippen LogP contribution >= 0.6 is 0 Å². The molecule has 1 rings (SSSR count). The number of halogens is 1. The van der Waals surface area contributed by atoms with Crippen LogP contribution < -0.4 is 5.32 Å². The van der Waals surface area contributed by atoms with E-state index in [9.17, 15) is 4.39 Å². The number of nitrogens with zero attached hydrogens (tertiary/aromatic N) is 1. The van der Waals surface area contributed by atoms with Crippen molar-refractivity contribution in [2.75, 3.05) is 7.05 Å². The Labute approximate surface area is 104 Å². The van der Waals surface area contributed by atoms with Gasteiger partial charge in [-0.1, -0.05) is 26.7 Å². The zero-order valence-corrected chi connectivity index (χ0v) is 11.0. The molecular weight excluding hydrogens is 215 g/mol. The van der Waals surface area contributed by atoms with Gasteiger partial charge in [-0.2, -0.15) is 0 Å². The van der Waals surface area contributed by atoms with E-state index in [1.54, 1.807) is 12.3 Å². The molecule has 0 bridgehead atoms. The average Bonchev–Trinajstić information content (AvgIpc) is 2.31. The molecule has 0 spiro atoms. The van der Waals surface area contributed by atoms with Gasteiger partial charge in [0, 0.05) is 12.2 Å². The largest absolute Gasteiger partial charge is 0.313 e. The van der Waals surface area contributed by atoms with E-state index in [4.69, 9.17) is 0 Å². The molecule has 0 saturated heterocycles. The van der Waals surface area contributed by atoms with Crippen LogP contribution in [0.5, 0.6) is 0 Å². The van der Waals surface area contributed by atoms with E-state index in [0.29, 0.717) is 5.92 Å². The molecule has 0 fully saturated rings. The molecule has 0 aliphatic heterocycles. The van der Waals surface area contributed by atoms with Gasteiger partial charge in [-0.25, -0.2) is 4.39 Å². The van der Waals surface area contributed by atoms with Gasteiger partial charge in [0.05, 0.1) is 6.20 Å². The van der Waals surface area contributed by atoms with Crippen molar-refractivity contribution in [3.8, 4) is 0 Å². The molecule has 0 aliphatic carbocycles. The minimum Gasteiger partial charge on any atom is -0.313 e. The van der Waals surface area contributed by atoms with Gasteiger partial charge >= 0.3 is 0 Å².